The van der Waals surface area contributed by atoms with Crippen molar-refractivity contribution >= 4 is 34.5 Å². The molecule has 1 atom stereocenters. The van der Waals surface area contributed by atoms with Crippen LogP contribution >= 0.6 is 34.5 Å². The normalized spacial score (nSPS) is 12.8. The largest absolute Gasteiger partial charge is 0.381 e. The molecule has 0 spiro atoms. The summed E-state index contributed by atoms with van der Waals surface area (Å²) in [7, 11) is 0. The van der Waals surface area contributed by atoms with E-state index in [2.05, 4.69) is 4.98 Å². The number of thiazole rings is 1. The van der Waals surface area contributed by atoms with E-state index in [-0.39, 0.29) is 0 Å². The van der Waals surface area contributed by atoms with E-state index in [1.165, 1.54) is 11.3 Å². The molecule has 0 fully saturated rings. The van der Waals surface area contributed by atoms with Crippen LogP contribution in [0.25, 0.3) is 0 Å². The fourth-order valence-corrected chi connectivity index (χ4v) is 2.57. The van der Waals surface area contributed by atoms with Crippen LogP contribution in [0, 0.1) is 6.92 Å². The third-order valence-electron chi connectivity index (χ3n) is 2.15. The minimum atomic E-state index is -0.815. The van der Waals surface area contributed by atoms with Crippen LogP contribution in [0.3, 0.4) is 0 Å². The van der Waals surface area contributed by atoms with Gasteiger partial charge in [-0.25, -0.2) is 4.98 Å². The topological polar surface area (TPSA) is 33.1 Å². The highest BCUT2D eigenvalue weighted by atomic mass is 35.5. The van der Waals surface area contributed by atoms with E-state index in [1.807, 2.05) is 12.3 Å². The number of aryl methyl sites for hydroxylation is 1. The zero-order chi connectivity index (χ0) is 11.7. The van der Waals surface area contributed by atoms with Crippen LogP contribution in [0.15, 0.2) is 23.6 Å². The first kappa shape index (κ1) is 11.9. The van der Waals surface area contributed by atoms with Gasteiger partial charge in [-0.1, -0.05) is 35.3 Å². The van der Waals surface area contributed by atoms with Gasteiger partial charge in [0, 0.05) is 16.6 Å². The van der Waals surface area contributed by atoms with Crippen LogP contribution in [-0.4, -0.2) is 10.1 Å². The summed E-state index contributed by atoms with van der Waals surface area (Å²) in [6.07, 6.45) is -0.815. The molecule has 0 radical (unpaired) electrons. The zero-order valence-electron chi connectivity index (χ0n) is 8.45. The molecular formula is C11H9Cl2NOS. The van der Waals surface area contributed by atoms with Gasteiger partial charge in [0.2, 0.25) is 0 Å². The van der Waals surface area contributed by atoms with Crippen molar-refractivity contribution in [2.24, 2.45) is 0 Å². The fraction of sp³-hybridized carbons (Fsp3) is 0.182. The molecule has 1 aromatic carbocycles. The van der Waals surface area contributed by atoms with Gasteiger partial charge < -0.3 is 5.11 Å². The van der Waals surface area contributed by atoms with Crippen molar-refractivity contribution in [3.63, 3.8) is 0 Å². The van der Waals surface area contributed by atoms with Crippen LogP contribution in [0.5, 0.6) is 0 Å². The molecule has 2 nitrogen and oxygen atoms in total. The number of aliphatic hydroxyl groups excluding tert-OH is 1. The molecule has 0 saturated carbocycles. The van der Waals surface area contributed by atoms with E-state index in [4.69, 9.17) is 23.2 Å². The summed E-state index contributed by atoms with van der Waals surface area (Å²) < 4.78 is 0. The van der Waals surface area contributed by atoms with Gasteiger partial charge in [-0.2, -0.15) is 0 Å². The standard InChI is InChI=1S/C11H9Cl2NOS/c1-6-5-16-11(14-6)10(15)7-3-2-4-8(12)9(7)13/h2-5,10,15H,1H3. The van der Waals surface area contributed by atoms with Crippen molar-refractivity contribution in [2.45, 2.75) is 13.0 Å². The Morgan fingerprint density at radius 3 is 2.75 bits per heavy atom. The molecule has 0 bridgehead atoms. The van der Waals surface area contributed by atoms with Gasteiger partial charge in [0.05, 0.1) is 10.0 Å². The number of nitrogens with zero attached hydrogens (tertiary/aromatic N) is 1. The van der Waals surface area contributed by atoms with Gasteiger partial charge in [-0.3, -0.25) is 0 Å². The minimum Gasteiger partial charge on any atom is -0.381 e. The first-order valence-corrected chi connectivity index (χ1v) is 6.27. The SMILES string of the molecule is Cc1csc(C(O)c2cccc(Cl)c2Cl)n1. The molecule has 1 heterocycles. The van der Waals surface area contributed by atoms with E-state index in [0.717, 1.165) is 5.69 Å². The Balaban J connectivity index is 2.41. The van der Waals surface area contributed by atoms with Crippen molar-refractivity contribution in [1.29, 1.82) is 0 Å². The lowest BCUT2D eigenvalue weighted by molar-refractivity contribution is 0.219. The summed E-state index contributed by atoms with van der Waals surface area (Å²) in [5.41, 5.74) is 1.47. The van der Waals surface area contributed by atoms with Crippen LogP contribution in [-0.2, 0) is 0 Å². The summed E-state index contributed by atoms with van der Waals surface area (Å²) in [5, 5.41) is 13.4. The average molecular weight is 274 g/mol. The lowest BCUT2D eigenvalue weighted by atomic mass is 10.1. The highest BCUT2D eigenvalue weighted by Crippen LogP contribution is 2.33. The van der Waals surface area contributed by atoms with Gasteiger partial charge in [0.1, 0.15) is 11.1 Å². The van der Waals surface area contributed by atoms with Gasteiger partial charge in [-0.15, -0.1) is 11.3 Å². The number of aromatic nitrogens is 1. The maximum atomic E-state index is 10.1. The van der Waals surface area contributed by atoms with E-state index in [9.17, 15) is 5.11 Å². The highest BCUT2D eigenvalue weighted by Gasteiger charge is 2.18. The maximum Gasteiger partial charge on any atom is 0.132 e. The predicted octanol–water partition coefficient (Wildman–Crippen LogP) is 3.84. The van der Waals surface area contributed by atoms with Gasteiger partial charge >= 0.3 is 0 Å². The van der Waals surface area contributed by atoms with Crippen molar-refractivity contribution in [3.05, 3.63) is 49.9 Å². The third kappa shape index (κ3) is 2.23. The minimum absolute atomic E-state index is 0.379. The quantitative estimate of drug-likeness (QED) is 0.902. The molecular weight excluding hydrogens is 265 g/mol. The van der Waals surface area contributed by atoms with Crippen molar-refractivity contribution < 1.29 is 5.11 Å². The van der Waals surface area contributed by atoms with Crippen LogP contribution in [0.2, 0.25) is 10.0 Å². The van der Waals surface area contributed by atoms with E-state index < -0.39 is 6.10 Å². The Bertz CT molecular complexity index is 512. The van der Waals surface area contributed by atoms with Gasteiger partial charge in [0.15, 0.2) is 0 Å². The average Bonchev–Trinajstić information content (AvgIpc) is 2.68. The molecule has 2 aromatic rings. The van der Waals surface area contributed by atoms with Crippen molar-refractivity contribution in [2.75, 3.05) is 0 Å². The lowest BCUT2D eigenvalue weighted by Crippen LogP contribution is -2.00. The first-order chi connectivity index (χ1) is 7.59. The third-order valence-corrected chi connectivity index (χ3v) is 4.00. The number of hydrogen-bond acceptors (Lipinski definition) is 3. The summed E-state index contributed by atoms with van der Waals surface area (Å²) in [6, 6.07) is 5.19. The zero-order valence-corrected chi connectivity index (χ0v) is 10.8. The summed E-state index contributed by atoms with van der Waals surface area (Å²) in [4.78, 5) is 4.22. The second kappa shape index (κ2) is 4.72. The number of halogens is 2. The molecule has 1 aromatic heterocycles. The number of aliphatic hydroxyl groups is 1. The molecule has 0 saturated heterocycles. The maximum absolute atomic E-state index is 10.1. The fourth-order valence-electron chi connectivity index (χ4n) is 1.36. The van der Waals surface area contributed by atoms with E-state index >= 15 is 0 Å². The first-order valence-electron chi connectivity index (χ1n) is 4.63. The molecule has 0 amide bonds. The highest BCUT2D eigenvalue weighted by molar-refractivity contribution is 7.09. The molecule has 2 rings (SSSR count). The van der Waals surface area contributed by atoms with Gasteiger partial charge in [0.25, 0.3) is 0 Å². The number of hydrogen-bond donors (Lipinski definition) is 1. The van der Waals surface area contributed by atoms with Gasteiger partial charge in [-0.05, 0) is 13.0 Å². The summed E-state index contributed by atoms with van der Waals surface area (Å²) in [6.45, 7) is 1.88. The van der Waals surface area contributed by atoms with E-state index in [0.29, 0.717) is 20.6 Å². The second-order valence-electron chi connectivity index (χ2n) is 3.37. The Morgan fingerprint density at radius 2 is 2.12 bits per heavy atom. The van der Waals surface area contributed by atoms with Crippen molar-refractivity contribution in [1.82, 2.24) is 4.98 Å². The number of rotatable bonds is 2. The summed E-state index contributed by atoms with van der Waals surface area (Å²) in [5.74, 6) is 0. The Morgan fingerprint density at radius 1 is 1.38 bits per heavy atom. The molecule has 1 N–H and O–H groups in total. The molecule has 84 valence electrons. The molecule has 1 unspecified atom stereocenters. The van der Waals surface area contributed by atoms with Crippen LogP contribution in [0.4, 0.5) is 0 Å². The molecule has 0 aliphatic heterocycles. The second-order valence-corrected chi connectivity index (χ2v) is 5.05. The Kier molecular flexibility index (Phi) is 3.50. The predicted molar refractivity (Wildman–Crippen MR) is 67.4 cm³/mol. The molecule has 0 aliphatic carbocycles. The lowest BCUT2D eigenvalue weighted by Gasteiger charge is -2.10. The summed E-state index contributed by atoms with van der Waals surface area (Å²) >= 11 is 13.3. The number of benzene rings is 1. The molecule has 16 heavy (non-hydrogen) atoms. The van der Waals surface area contributed by atoms with Crippen molar-refractivity contribution in [3.8, 4) is 0 Å². The molecule has 0 aliphatic rings. The molecule has 5 heteroatoms. The Labute approximate surface area is 107 Å². The van der Waals surface area contributed by atoms with Crippen LogP contribution < -0.4 is 0 Å². The van der Waals surface area contributed by atoms with Crippen LogP contribution in [0.1, 0.15) is 22.4 Å². The smallest absolute Gasteiger partial charge is 0.132 e. The Hall–Kier alpha value is -0.610. The monoisotopic (exact) mass is 273 g/mol. The van der Waals surface area contributed by atoms with E-state index in [1.54, 1.807) is 18.2 Å².